The molecule has 0 aliphatic heterocycles. The molecule has 0 fully saturated rings. The minimum Gasteiger partial charge on any atom is -0.550 e. The Hall–Kier alpha value is -2.88. The van der Waals surface area contributed by atoms with Gasteiger partial charge < -0.3 is 14.3 Å². The second-order valence-electron chi connectivity index (χ2n) is 5.30. The molecule has 0 atom stereocenters. The van der Waals surface area contributed by atoms with Crippen LogP contribution < -0.4 is 5.11 Å². The zero-order valence-electron chi connectivity index (χ0n) is 12.8. The molecule has 1 aromatic heterocycles. The van der Waals surface area contributed by atoms with E-state index < -0.39 is 5.97 Å². The molecule has 0 aliphatic rings. The third-order valence-electron chi connectivity index (χ3n) is 3.63. The molecule has 0 unspecified atom stereocenters. The first-order chi connectivity index (χ1) is 11.2. The van der Waals surface area contributed by atoms with Crippen LogP contribution in [0.4, 0.5) is 0 Å². The van der Waals surface area contributed by atoms with Crippen molar-refractivity contribution in [3.05, 3.63) is 65.5 Å². The average molecular weight is 306 g/mol. The number of fused-ring (bicyclic) bond motifs is 1. The van der Waals surface area contributed by atoms with Crippen molar-refractivity contribution in [2.24, 2.45) is 0 Å². The fraction of sp³-hybridized carbons (Fsp3) is 0.158. The number of hydrogen-bond acceptors (Lipinski definition) is 4. The third kappa shape index (κ3) is 3.48. The number of para-hydroxylation sites is 2. The van der Waals surface area contributed by atoms with E-state index >= 15 is 0 Å². The summed E-state index contributed by atoms with van der Waals surface area (Å²) in [6, 6.07) is 15.3. The summed E-state index contributed by atoms with van der Waals surface area (Å²) in [5.41, 5.74) is 3.96. The lowest BCUT2D eigenvalue weighted by molar-refractivity contribution is -0.304. The average Bonchev–Trinajstić information content (AvgIpc) is 2.98. The zero-order chi connectivity index (χ0) is 16.2. The highest BCUT2D eigenvalue weighted by molar-refractivity contribution is 5.90. The molecule has 3 aromatic rings. The van der Waals surface area contributed by atoms with E-state index in [1.165, 1.54) is 5.56 Å². The number of aryl methyl sites for hydroxylation is 1. The van der Waals surface area contributed by atoms with E-state index in [1.807, 2.05) is 42.5 Å². The number of aliphatic carboxylic acids is 1. The van der Waals surface area contributed by atoms with Crippen molar-refractivity contribution < 1.29 is 14.3 Å². The van der Waals surface area contributed by atoms with Gasteiger partial charge in [-0.1, -0.05) is 43.3 Å². The minimum atomic E-state index is -1.16. The molecule has 1 heterocycles. The Morgan fingerprint density at radius 1 is 1.17 bits per heavy atom. The predicted molar refractivity (Wildman–Crippen MR) is 87.3 cm³/mol. The van der Waals surface area contributed by atoms with Gasteiger partial charge in [0.15, 0.2) is 5.58 Å². The third-order valence-corrected chi connectivity index (χ3v) is 3.63. The largest absolute Gasteiger partial charge is 0.550 e. The Balaban J connectivity index is 2.01. The monoisotopic (exact) mass is 306 g/mol. The topological polar surface area (TPSA) is 66.2 Å². The van der Waals surface area contributed by atoms with E-state index in [2.05, 4.69) is 11.9 Å². The molecule has 116 valence electrons. The first kappa shape index (κ1) is 15.0. The van der Waals surface area contributed by atoms with E-state index in [9.17, 15) is 9.90 Å². The fourth-order valence-corrected chi connectivity index (χ4v) is 2.40. The number of aromatic nitrogens is 1. The number of rotatable bonds is 5. The van der Waals surface area contributed by atoms with Gasteiger partial charge in [-0.15, -0.1) is 0 Å². The van der Waals surface area contributed by atoms with Crippen LogP contribution in [0.15, 0.2) is 52.9 Å². The highest BCUT2D eigenvalue weighted by Gasteiger charge is 2.11. The lowest BCUT2D eigenvalue weighted by Crippen LogP contribution is -2.22. The highest BCUT2D eigenvalue weighted by Crippen LogP contribution is 2.25. The molecular formula is C19H16NO3-. The lowest BCUT2D eigenvalue weighted by Gasteiger charge is -2.05. The molecule has 0 N–H and O–H groups in total. The molecule has 2 aromatic carbocycles. The Labute approximate surface area is 134 Å². The summed E-state index contributed by atoms with van der Waals surface area (Å²) in [7, 11) is 0. The molecule has 23 heavy (non-hydrogen) atoms. The first-order valence-corrected chi connectivity index (χ1v) is 7.51. The maximum Gasteiger partial charge on any atom is 0.223 e. The SMILES string of the molecule is CCc1ccc(/C=C(\CC(=O)[O-])c2nc3ccccc3o2)cc1. The van der Waals surface area contributed by atoms with Gasteiger partial charge in [0.25, 0.3) is 0 Å². The Morgan fingerprint density at radius 2 is 1.91 bits per heavy atom. The Kier molecular flexibility index (Phi) is 4.24. The molecule has 3 rings (SSSR count). The van der Waals surface area contributed by atoms with E-state index in [0.29, 0.717) is 22.6 Å². The van der Waals surface area contributed by atoms with E-state index in [-0.39, 0.29) is 6.42 Å². The van der Waals surface area contributed by atoms with E-state index in [1.54, 1.807) is 12.1 Å². The smallest absolute Gasteiger partial charge is 0.223 e. The van der Waals surface area contributed by atoms with Crippen molar-refractivity contribution in [3.8, 4) is 0 Å². The number of hydrogen-bond donors (Lipinski definition) is 0. The maximum atomic E-state index is 11.1. The second kappa shape index (κ2) is 6.48. The van der Waals surface area contributed by atoms with Crippen LogP contribution in [-0.4, -0.2) is 11.0 Å². The standard InChI is InChI=1S/C19H17NO3/c1-2-13-7-9-14(10-8-13)11-15(12-18(21)22)19-20-16-5-3-4-6-17(16)23-19/h3-11H,2,12H2,1H3,(H,21,22)/p-1/b15-11+. The van der Waals surface area contributed by atoms with Crippen LogP contribution in [0.2, 0.25) is 0 Å². The van der Waals surface area contributed by atoms with Crippen molar-refractivity contribution in [2.75, 3.05) is 0 Å². The van der Waals surface area contributed by atoms with Crippen LogP contribution in [-0.2, 0) is 11.2 Å². The van der Waals surface area contributed by atoms with Gasteiger partial charge >= 0.3 is 0 Å². The summed E-state index contributed by atoms with van der Waals surface area (Å²) in [4.78, 5) is 15.4. The van der Waals surface area contributed by atoms with Gasteiger partial charge in [-0.25, -0.2) is 4.98 Å². The molecule has 0 bridgehead atoms. The zero-order valence-corrected chi connectivity index (χ0v) is 12.8. The number of carbonyl (C=O) groups is 1. The maximum absolute atomic E-state index is 11.1. The van der Waals surface area contributed by atoms with Crippen LogP contribution in [0, 0.1) is 0 Å². The van der Waals surface area contributed by atoms with Crippen LogP contribution in [0.3, 0.4) is 0 Å². The van der Waals surface area contributed by atoms with Gasteiger partial charge in [0.2, 0.25) is 5.89 Å². The lowest BCUT2D eigenvalue weighted by atomic mass is 10.1. The van der Waals surface area contributed by atoms with Gasteiger partial charge in [-0.05, 0) is 35.8 Å². The molecule has 4 heteroatoms. The van der Waals surface area contributed by atoms with Gasteiger partial charge in [-0.2, -0.15) is 0 Å². The van der Waals surface area contributed by atoms with Gasteiger partial charge in [0.05, 0.1) is 0 Å². The van der Waals surface area contributed by atoms with Crippen molar-refractivity contribution in [2.45, 2.75) is 19.8 Å². The van der Waals surface area contributed by atoms with Crippen LogP contribution in [0.5, 0.6) is 0 Å². The number of benzene rings is 2. The summed E-state index contributed by atoms with van der Waals surface area (Å²) < 4.78 is 5.68. The minimum absolute atomic E-state index is 0.248. The Morgan fingerprint density at radius 3 is 2.57 bits per heavy atom. The van der Waals surface area contributed by atoms with Crippen molar-refractivity contribution in [1.29, 1.82) is 0 Å². The van der Waals surface area contributed by atoms with Gasteiger partial charge in [-0.3, -0.25) is 0 Å². The molecule has 0 saturated heterocycles. The molecule has 0 saturated carbocycles. The summed E-state index contributed by atoms with van der Waals surface area (Å²) in [6.07, 6.45) is 2.49. The molecule has 0 amide bonds. The first-order valence-electron chi connectivity index (χ1n) is 7.51. The second-order valence-corrected chi connectivity index (χ2v) is 5.30. The normalized spacial score (nSPS) is 11.8. The number of nitrogens with zero attached hydrogens (tertiary/aromatic N) is 1. The summed E-state index contributed by atoms with van der Waals surface area (Å²) >= 11 is 0. The summed E-state index contributed by atoms with van der Waals surface area (Å²) in [5.74, 6) is -0.848. The molecule has 0 spiro atoms. The molecule has 4 nitrogen and oxygen atoms in total. The number of oxazole rings is 1. The fourth-order valence-electron chi connectivity index (χ4n) is 2.40. The summed E-state index contributed by atoms with van der Waals surface area (Å²) in [6.45, 7) is 2.09. The predicted octanol–water partition coefficient (Wildman–Crippen LogP) is 3.07. The van der Waals surface area contributed by atoms with Crippen molar-refractivity contribution in [1.82, 2.24) is 4.98 Å². The molecule has 0 radical (unpaired) electrons. The van der Waals surface area contributed by atoms with Crippen LogP contribution in [0.25, 0.3) is 22.7 Å². The Bertz CT molecular complexity index is 827. The van der Waals surface area contributed by atoms with Crippen LogP contribution >= 0.6 is 0 Å². The number of carboxylic acid groups (broad SMARTS) is 1. The van der Waals surface area contributed by atoms with Gasteiger partial charge in [0, 0.05) is 18.0 Å². The quantitative estimate of drug-likeness (QED) is 0.726. The molecule has 0 aliphatic carbocycles. The van der Waals surface area contributed by atoms with Crippen molar-refractivity contribution in [3.63, 3.8) is 0 Å². The van der Waals surface area contributed by atoms with E-state index in [0.717, 1.165) is 12.0 Å². The number of carbonyl (C=O) groups excluding carboxylic acids is 1. The van der Waals surface area contributed by atoms with Crippen molar-refractivity contribution >= 4 is 28.7 Å². The number of carboxylic acids is 1. The highest BCUT2D eigenvalue weighted by atomic mass is 16.4. The molecular weight excluding hydrogens is 290 g/mol. The van der Waals surface area contributed by atoms with Crippen LogP contribution in [0.1, 0.15) is 30.4 Å². The van der Waals surface area contributed by atoms with E-state index in [4.69, 9.17) is 4.42 Å². The van der Waals surface area contributed by atoms with Gasteiger partial charge in [0.1, 0.15) is 5.52 Å². The summed E-state index contributed by atoms with van der Waals surface area (Å²) in [5, 5.41) is 11.1.